The molecular weight excluding hydrogens is 332 g/mol. The van der Waals surface area contributed by atoms with Crippen molar-refractivity contribution in [2.45, 2.75) is 19.0 Å². The second-order valence-electron chi connectivity index (χ2n) is 4.87. The summed E-state index contributed by atoms with van der Waals surface area (Å²) in [5, 5.41) is 0. The van der Waals surface area contributed by atoms with Crippen molar-refractivity contribution in [3.8, 4) is 11.5 Å². The smallest absolute Gasteiger partial charge is 0.162 e. The highest BCUT2D eigenvalue weighted by atomic mass is 79.9. The number of hydrogen-bond acceptors (Lipinski definition) is 4. The Morgan fingerprint density at radius 2 is 1.95 bits per heavy atom. The lowest BCUT2D eigenvalue weighted by molar-refractivity contribution is 0.171. The molecule has 106 valence electrons. The Bertz CT molecular complexity index is 459. The molecule has 0 saturated carbocycles. The number of fused-ring (bicyclic) bond motifs is 1. The molecule has 1 unspecified atom stereocenters. The van der Waals surface area contributed by atoms with Crippen LogP contribution >= 0.6 is 28.3 Å². The number of hydrogen-bond donors (Lipinski definition) is 1. The fourth-order valence-electron chi connectivity index (χ4n) is 2.47. The van der Waals surface area contributed by atoms with Gasteiger partial charge in [0.2, 0.25) is 0 Å². The van der Waals surface area contributed by atoms with Gasteiger partial charge in [-0.05, 0) is 24.1 Å². The van der Waals surface area contributed by atoms with E-state index in [1.807, 2.05) is 6.07 Å². The Morgan fingerprint density at radius 3 is 2.58 bits per heavy atom. The first-order valence-electron chi connectivity index (χ1n) is 6.28. The summed E-state index contributed by atoms with van der Waals surface area (Å²) >= 11 is 3.60. The number of halogens is 2. The van der Waals surface area contributed by atoms with Crippen LogP contribution in [-0.4, -0.2) is 37.2 Å². The summed E-state index contributed by atoms with van der Waals surface area (Å²) in [6, 6.07) is 4.39. The van der Waals surface area contributed by atoms with Gasteiger partial charge in [0.05, 0.1) is 0 Å². The normalized spacial score (nSPS) is 22.1. The number of benzene rings is 1. The van der Waals surface area contributed by atoms with Crippen molar-refractivity contribution < 1.29 is 9.47 Å². The van der Waals surface area contributed by atoms with Crippen LogP contribution in [0, 0.1) is 0 Å². The molecule has 2 heterocycles. The van der Waals surface area contributed by atoms with Crippen molar-refractivity contribution in [2.75, 3.05) is 26.3 Å². The van der Waals surface area contributed by atoms with Crippen LogP contribution in [0.25, 0.3) is 0 Å². The van der Waals surface area contributed by atoms with Crippen LogP contribution in [-0.2, 0) is 6.54 Å². The van der Waals surface area contributed by atoms with Gasteiger partial charge in [0, 0.05) is 30.1 Å². The molecule has 0 bridgehead atoms. The standard InChI is InChI=1S/C13H17BrN2O2.ClH/c14-11-6-13-12(17-3-4-18-13)5-9(11)7-16-2-1-10(15)8-16;/h5-6,10H,1-4,7-8,15H2;1H. The van der Waals surface area contributed by atoms with Crippen LogP contribution < -0.4 is 15.2 Å². The summed E-state index contributed by atoms with van der Waals surface area (Å²) < 4.78 is 12.2. The molecule has 2 aliphatic rings. The van der Waals surface area contributed by atoms with E-state index in [-0.39, 0.29) is 12.4 Å². The summed E-state index contributed by atoms with van der Waals surface area (Å²) in [5.41, 5.74) is 7.16. The van der Waals surface area contributed by atoms with E-state index in [0.29, 0.717) is 19.3 Å². The third-order valence-corrected chi connectivity index (χ3v) is 4.15. The molecule has 0 aliphatic carbocycles. The van der Waals surface area contributed by atoms with Crippen molar-refractivity contribution in [2.24, 2.45) is 5.73 Å². The van der Waals surface area contributed by atoms with E-state index in [2.05, 4.69) is 26.9 Å². The molecule has 0 amide bonds. The van der Waals surface area contributed by atoms with Gasteiger partial charge in [-0.2, -0.15) is 0 Å². The van der Waals surface area contributed by atoms with Crippen molar-refractivity contribution in [1.29, 1.82) is 0 Å². The molecule has 4 nitrogen and oxygen atoms in total. The average molecular weight is 350 g/mol. The van der Waals surface area contributed by atoms with E-state index in [9.17, 15) is 0 Å². The molecule has 1 aromatic rings. The van der Waals surface area contributed by atoms with Gasteiger partial charge in [-0.15, -0.1) is 12.4 Å². The van der Waals surface area contributed by atoms with E-state index in [4.69, 9.17) is 15.2 Å². The maximum atomic E-state index is 5.93. The Kier molecular flexibility index (Phi) is 4.95. The maximum Gasteiger partial charge on any atom is 0.162 e. The lowest BCUT2D eigenvalue weighted by Crippen LogP contribution is -2.26. The van der Waals surface area contributed by atoms with Gasteiger partial charge in [-0.25, -0.2) is 0 Å². The molecule has 1 saturated heterocycles. The van der Waals surface area contributed by atoms with Crippen molar-refractivity contribution >= 4 is 28.3 Å². The number of nitrogens with zero attached hydrogens (tertiary/aromatic N) is 1. The molecule has 19 heavy (non-hydrogen) atoms. The van der Waals surface area contributed by atoms with Gasteiger partial charge in [0.15, 0.2) is 11.5 Å². The van der Waals surface area contributed by atoms with Crippen molar-refractivity contribution in [3.05, 3.63) is 22.2 Å². The van der Waals surface area contributed by atoms with Gasteiger partial charge >= 0.3 is 0 Å². The fourth-order valence-corrected chi connectivity index (χ4v) is 2.92. The van der Waals surface area contributed by atoms with Gasteiger partial charge in [-0.3, -0.25) is 4.90 Å². The summed E-state index contributed by atoms with van der Waals surface area (Å²) in [5.74, 6) is 1.68. The third kappa shape index (κ3) is 3.34. The quantitative estimate of drug-likeness (QED) is 0.889. The molecule has 1 atom stereocenters. The first kappa shape index (κ1) is 14.9. The second kappa shape index (κ2) is 6.31. The van der Waals surface area contributed by atoms with E-state index in [1.54, 1.807) is 0 Å². The first-order chi connectivity index (χ1) is 8.72. The van der Waals surface area contributed by atoms with E-state index in [1.165, 1.54) is 5.56 Å². The molecule has 0 spiro atoms. The number of ether oxygens (including phenoxy) is 2. The topological polar surface area (TPSA) is 47.7 Å². The minimum Gasteiger partial charge on any atom is -0.486 e. The van der Waals surface area contributed by atoms with Gasteiger partial charge in [0.1, 0.15) is 13.2 Å². The average Bonchev–Trinajstić information content (AvgIpc) is 2.76. The molecular formula is C13H18BrClN2O2. The molecule has 1 fully saturated rings. The predicted octanol–water partition coefficient (Wildman–Crippen LogP) is 2.18. The molecule has 6 heteroatoms. The minimum absolute atomic E-state index is 0. The monoisotopic (exact) mass is 348 g/mol. The van der Waals surface area contributed by atoms with Gasteiger partial charge in [0.25, 0.3) is 0 Å². The van der Waals surface area contributed by atoms with E-state index in [0.717, 1.165) is 42.0 Å². The molecule has 0 aromatic heterocycles. The summed E-state index contributed by atoms with van der Waals surface area (Å²) in [7, 11) is 0. The van der Waals surface area contributed by atoms with Crippen molar-refractivity contribution in [1.82, 2.24) is 4.90 Å². The summed E-state index contributed by atoms with van der Waals surface area (Å²) in [4.78, 5) is 2.38. The summed E-state index contributed by atoms with van der Waals surface area (Å²) in [6.45, 7) is 4.20. The molecule has 3 rings (SSSR count). The lowest BCUT2D eigenvalue weighted by atomic mass is 10.2. The molecule has 2 aliphatic heterocycles. The highest BCUT2D eigenvalue weighted by Gasteiger charge is 2.21. The predicted molar refractivity (Wildman–Crippen MR) is 80.2 cm³/mol. The summed E-state index contributed by atoms with van der Waals surface area (Å²) in [6.07, 6.45) is 1.09. The Balaban J connectivity index is 0.00000133. The molecule has 1 aromatic carbocycles. The SMILES string of the molecule is Cl.NC1CCN(Cc2cc3c(cc2Br)OCCO3)C1. The number of likely N-dealkylation sites (tertiary alicyclic amines) is 1. The van der Waals surface area contributed by atoms with Crippen LogP contribution in [0.3, 0.4) is 0 Å². The zero-order chi connectivity index (χ0) is 12.5. The largest absolute Gasteiger partial charge is 0.486 e. The maximum absolute atomic E-state index is 5.93. The van der Waals surface area contributed by atoms with Crippen LogP contribution in [0.1, 0.15) is 12.0 Å². The van der Waals surface area contributed by atoms with Gasteiger partial charge in [-0.1, -0.05) is 15.9 Å². The zero-order valence-corrected chi connectivity index (χ0v) is 13.0. The van der Waals surface area contributed by atoms with Crippen molar-refractivity contribution in [3.63, 3.8) is 0 Å². The Morgan fingerprint density at radius 1 is 1.26 bits per heavy atom. The van der Waals surface area contributed by atoms with Gasteiger partial charge < -0.3 is 15.2 Å². The number of nitrogens with two attached hydrogens (primary N) is 1. The molecule has 0 radical (unpaired) electrons. The second-order valence-corrected chi connectivity index (χ2v) is 5.73. The number of rotatable bonds is 2. The fraction of sp³-hybridized carbons (Fsp3) is 0.538. The van der Waals surface area contributed by atoms with E-state index < -0.39 is 0 Å². The Labute approximate surface area is 127 Å². The highest BCUT2D eigenvalue weighted by molar-refractivity contribution is 9.10. The zero-order valence-electron chi connectivity index (χ0n) is 10.6. The van der Waals surface area contributed by atoms with Crippen LogP contribution in [0.2, 0.25) is 0 Å². The first-order valence-corrected chi connectivity index (χ1v) is 7.07. The van der Waals surface area contributed by atoms with Crippen LogP contribution in [0.5, 0.6) is 11.5 Å². The highest BCUT2D eigenvalue weighted by Crippen LogP contribution is 2.36. The van der Waals surface area contributed by atoms with Crippen LogP contribution in [0.15, 0.2) is 16.6 Å². The lowest BCUT2D eigenvalue weighted by Gasteiger charge is -2.22. The van der Waals surface area contributed by atoms with Crippen LogP contribution in [0.4, 0.5) is 0 Å². The Hall–Kier alpha value is -0.490. The molecule has 2 N–H and O–H groups in total. The van der Waals surface area contributed by atoms with E-state index >= 15 is 0 Å². The third-order valence-electron chi connectivity index (χ3n) is 3.41. The minimum atomic E-state index is 0.